The Hall–Kier alpha value is -2.50. The van der Waals surface area contributed by atoms with Crippen molar-refractivity contribution in [3.63, 3.8) is 0 Å². The van der Waals surface area contributed by atoms with Gasteiger partial charge in [0.1, 0.15) is 17.5 Å². The largest absolute Gasteiger partial charge is 0.324 e. The maximum Gasteiger partial charge on any atom is 0.324 e. The summed E-state index contributed by atoms with van der Waals surface area (Å²) in [5, 5.41) is 4.79. The van der Waals surface area contributed by atoms with Crippen molar-refractivity contribution in [3.8, 4) is 0 Å². The number of amidine groups is 1. The average Bonchev–Trinajstić information content (AvgIpc) is 2.51. The molecule has 0 fully saturated rings. The van der Waals surface area contributed by atoms with Gasteiger partial charge < -0.3 is 5.32 Å². The van der Waals surface area contributed by atoms with Crippen LogP contribution in [0.1, 0.15) is 20.3 Å². The topological polar surface area (TPSA) is 53.5 Å². The first kappa shape index (κ1) is 16.9. The summed E-state index contributed by atoms with van der Waals surface area (Å²) >= 11 is 0. The van der Waals surface area contributed by atoms with Gasteiger partial charge in [0.25, 0.3) is 0 Å². The van der Waals surface area contributed by atoms with Crippen molar-refractivity contribution >= 4 is 17.6 Å². The molecule has 6 heteroatoms. The van der Waals surface area contributed by atoms with Crippen LogP contribution in [-0.2, 0) is 0 Å². The molecule has 2 amide bonds. The minimum Gasteiger partial charge on any atom is -0.305 e. The van der Waals surface area contributed by atoms with Crippen LogP contribution >= 0.6 is 0 Å². The van der Waals surface area contributed by atoms with Gasteiger partial charge in [-0.3, -0.25) is 10.3 Å². The monoisotopic (exact) mass is 319 g/mol. The van der Waals surface area contributed by atoms with Crippen LogP contribution in [0.3, 0.4) is 0 Å². The molecule has 2 N–H and O–H groups in total. The number of urea groups is 1. The van der Waals surface area contributed by atoms with Crippen molar-refractivity contribution in [2.45, 2.75) is 26.3 Å². The van der Waals surface area contributed by atoms with Crippen LogP contribution in [0.15, 0.2) is 47.5 Å². The molecule has 2 atom stereocenters. The molecule has 0 spiro atoms. The number of rotatable bonds is 3. The summed E-state index contributed by atoms with van der Waals surface area (Å²) in [4.78, 5) is 16.3. The number of hydrogen-bond donors (Lipinski definition) is 2. The van der Waals surface area contributed by atoms with Gasteiger partial charge in [0.2, 0.25) is 0 Å². The lowest BCUT2D eigenvalue weighted by Gasteiger charge is -2.20. The van der Waals surface area contributed by atoms with E-state index < -0.39 is 17.7 Å². The van der Waals surface area contributed by atoms with Gasteiger partial charge in [0.05, 0.1) is 11.7 Å². The number of carbonyl (C=O) groups is 1. The first-order valence-electron chi connectivity index (χ1n) is 7.42. The number of nitrogens with one attached hydrogen (secondary N) is 2. The molecule has 0 aromatic heterocycles. The van der Waals surface area contributed by atoms with Crippen LogP contribution in [0.5, 0.6) is 0 Å². The summed E-state index contributed by atoms with van der Waals surface area (Å²) in [6, 6.07) is 2.15. The van der Waals surface area contributed by atoms with Gasteiger partial charge in [-0.1, -0.05) is 31.2 Å². The molecule has 0 saturated carbocycles. The Kier molecular flexibility index (Phi) is 5.62. The molecule has 4 nitrogen and oxygen atoms in total. The number of halogens is 2. The Bertz CT molecular complexity index is 668. The average molecular weight is 319 g/mol. The number of carbonyl (C=O) groups excluding carboxylic acids is 1. The number of aliphatic imine (C=N–C) groups is 1. The van der Waals surface area contributed by atoms with Gasteiger partial charge in [-0.05, 0) is 25.5 Å². The Labute approximate surface area is 134 Å². The zero-order chi connectivity index (χ0) is 16.8. The summed E-state index contributed by atoms with van der Waals surface area (Å²) in [5.41, 5.74) is -0.220. The van der Waals surface area contributed by atoms with Crippen LogP contribution in [-0.4, -0.2) is 17.9 Å². The van der Waals surface area contributed by atoms with Gasteiger partial charge in [-0.15, -0.1) is 0 Å². The summed E-state index contributed by atoms with van der Waals surface area (Å²) in [6.07, 6.45) is 8.86. The molecule has 122 valence electrons. The van der Waals surface area contributed by atoms with E-state index in [-0.39, 0.29) is 17.6 Å². The van der Waals surface area contributed by atoms with Crippen LogP contribution in [0.2, 0.25) is 0 Å². The molecule has 0 radical (unpaired) electrons. The van der Waals surface area contributed by atoms with E-state index in [1.54, 1.807) is 6.92 Å². The minimum atomic E-state index is -0.706. The lowest BCUT2D eigenvalue weighted by atomic mass is 9.93. The maximum atomic E-state index is 13.5. The van der Waals surface area contributed by atoms with E-state index >= 15 is 0 Å². The molecular formula is C17H19F2N3O. The number of amides is 2. The highest BCUT2D eigenvalue weighted by molar-refractivity contribution is 6.02. The van der Waals surface area contributed by atoms with Crippen molar-refractivity contribution < 1.29 is 13.6 Å². The van der Waals surface area contributed by atoms with Crippen LogP contribution in [0, 0.1) is 17.6 Å². The lowest BCUT2D eigenvalue weighted by molar-refractivity contribution is 0.256. The molecule has 0 heterocycles. The van der Waals surface area contributed by atoms with Gasteiger partial charge in [0, 0.05) is 12.0 Å². The molecule has 1 aliphatic carbocycles. The highest BCUT2D eigenvalue weighted by atomic mass is 19.1. The summed E-state index contributed by atoms with van der Waals surface area (Å²) < 4.78 is 26.6. The molecule has 1 aliphatic rings. The fourth-order valence-electron chi connectivity index (χ4n) is 2.32. The van der Waals surface area contributed by atoms with Gasteiger partial charge in [-0.25, -0.2) is 13.6 Å². The highest BCUT2D eigenvalue weighted by Crippen LogP contribution is 2.19. The Balaban J connectivity index is 1.99. The van der Waals surface area contributed by atoms with Gasteiger partial charge in [0.15, 0.2) is 0 Å². The predicted molar refractivity (Wildman–Crippen MR) is 87.5 cm³/mol. The van der Waals surface area contributed by atoms with E-state index in [0.717, 1.165) is 24.6 Å². The molecule has 2 rings (SSSR count). The number of nitrogens with zero attached hydrogens (tertiary/aromatic N) is 1. The van der Waals surface area contributed by atoms with Crippen LogP contribution < -0.4 is 10.6 Å². The van der Waals surface area contributed by atoms with Gasteiger partial charge in [-0.2, -0.15) is 0 Å². The van der Waals surface area contributed by atoms with E-state index in [2.05, 4.69) is 28.6 Å². The highest BCUT2D eigenvalue weighted by Gasteiger charge is 2.16. The molecule has 23 heavy (non-hydrogen) atoms. The molecule has 0 bridgehead atoms. The number of hydrogen-bond acceptors (Lipinski definition) is 2. The van der Waals surface area contributed by atoms with E-state index in [0.29, 0.717) is 5.84 Å². The SMILES string of the molecule is CCC1C=CC=CC1N=C(C)NC(=O)Nc1cc(F)ccc1F. The normalized spacial score (nSPS) is 20.4. The lowest BCUT2D eigenvalue weighted by Crippen LogP contribution is -2.34. The second-order valence-electron chi connectivity index (χ2n) is 5.25. The van der Waals surface area contributed by atoms with Crippen LogP contribution in [0.4, 0.5) is 19.3 Å². The van der Waals surface area contributed by atoms with Crippen molar-refractivity contribution in [3.05, 3.63) is 54.1 Å². The Morgan fingerprint density at radius 2 is 2.00 bits per heavy atom. The quantitative estimate of drug-likeness (QED) is 0.641. The minimum absolute atomic E-state index is 0.0452. The zero-order valence-corrected chi connectivity index (χ0v) is 13.0. The fourth-order valence-corrected chi connectivity index (χ4v) is 2.32. The second-order valence-corrected chi connectivity index (χ2v) is 5.25. The zero-order valence-electron chi connectivity index (χ0n) is 13.0. The second kappa shape index (κ2) is 7.67. The van der Waals surface area contributed by atoms with E-state index in [1.165, 1.54) is 0 Å². The third kappa shape index (κ3) is 4.74. The molecule has 1 aromatic rings. The van der Waals surface area contributed by atoms with Gasteiger partial charge >= 0.3 is 6.03 Å². The molecule has 1 aromatic carbocycles. The Morgan fingerprint density at radius 3 is 2.74 bits per heavy atom. The third-order valence-corrected chi connectivity index (χ3v) is 3.50. The molecule has 0 saturated heterocycles. The summed E-state index contributed by atoms with van der Waals surface area (Å²) in [6.45, 7) is 3.72. The van der Waals surface area contributed by atoms with E-state index in [1.807, 2.05) is 18.2 Å². The van der Waals surface area contributed by atoms with Crippen molar-refractivity contribution in [1.29, 1.82) is 0 Å². The van der Waals surface area contributed by atoms with Crippen molar-refractivity contribution in [1.82, 2.24) is 5.32 Å². The maximum absolute atomic E-state index is 13.5. The summed E-state index contributed by atoms with van der Waals surface area (Å²) in [5.74, 6) is -0.650. The first-order chi connectivity index (χ1) is 11.0. The standard InChI is InChI=1S/C17H19F2N3O/c1-3-12-6-4-5-7-15(12)20-11(2)21-17(23)22-16-10-13(18)8-9-14(16)19/h4-10,12,15H,3H2,1-2H3,(H2,20,21,22,23). The van der Waals surface area contributed by atoms with Crippen molar-refractivity contribution in [2.75, 3.05) is 5.32 Å². The number of anilines is 1. The Morgan fingerprint density at radius 1 is 1.26 bits per heavy atom. The smallest absolute Gasteiger partial charge is 0.305 e. The number of allylic oxidation sites excluding steroid dienone is 2. The first-order valence-corrected chi connectivity index (χ1v) is 7.42. The molecule has 0 aliphatic heterocycles. The van der Waals surface area contributed by atoms with Crippen LogP contribution in [0.25, 0.3) is 0 Å². The van der Waals surface area contributed by atoms with E-state index in [4.69, 9.17) is 0 Å². The molecule has 2 unspecified atom stereocenters. The number of benzene rings is 1. The van der Waals surface area contributed by atoms with Crippen molar-refractivity contribution in [2.24, 2.45) is 10.9 Å². The molecular weight excluding hydrogens is 300 g/mol. The third-order valence-electron chi connectivity index (χ3n) is 3.50. The summed E-state index contributed by atoms with van der Waals surface area (Å²) in [7, 11) is 0. The van der Waals surface area contributed by atoms with E-state index in [9.17, 15) is 13.6 Å². The predicted octanol–water partition coefficient (Wildman–Crippen LogP) is 4.03. The fraction of sp³-hybridized carbons (Fsp3) is 0.294.